The summed E-state index contributed by atoms with van der Waals surface area (Å²) in [7, 11) is 0. The molecule has 0 aromatic carbocycles. The van der Waals surface area contributed by atoms with Crippen LogP contribution in [0.15, 0.2) is 43.7 Å². The maximum absolute atomic E-state index is 12.1. The minimum atomic E-state index is -0.691. The van der Waals surface area contributed by atoms with Crippen molar-refractivity contribution in [3.63, 3.8) is 0 Å². The Balaban J connectivity index is 1.16. The van der Waals surface area contributed by atoms with E-state index in [-0.39, 0.29) is 29.5 Å². The Morgan fingerprint density at radius 1 is 1.37 bits per heavy atom. The Bertz CT molecular complexity index is 1050. The monoisotopic (exact) mass is 459 g/mol. The van der Waals surface area contributed by atoms with Gasteiger partial charge in [-0.05, 0) is 24.8 Å². The molecular formula is C20H18ClN5O2S2. The number of hydrogen-bond acceptors (Lipinski definition) is 8. The van der Waals surface area contributed by atoms with Crippen molar-refractivity contribution >= 4 is 46.1 Å². The normalized spacial score (nSPS) is 28.3. The topological polar surface area (TPSA) is 104 Å². The summed E-state index contributed by atoms with van der Waals surface area (Å²) < 4.78 is 6.50. The van der Waals surface area contributed by atoms with E-state index in [1.165, 1.54) is 5.57 Å². The van der Waals surface area contributed by atoms with Gasteiger partial charge in [0.15, 0.2) is 0 Å². The number of thioether (sulfide) groups is 2. The van der Waals surface area contributed by atoms with Crippen LogP contribution in [0.4, 0.5) is 0 Å². The van der Waals surface area contributed by atoms with Crippen molar-refractivity contribution < 1.29 is 9.21 Å². The maximum atomic E-state index is 12.1. The smallest absolute Gasteiger partial charge is 0.230 e. The summed E-state index contributed by atoms with van der Waals surface area (Å²) in [5.41, 5.74) is 0.609. The number of halogens is 1. The predicted octanol–water partition coefficient (Wildman–Crippen LogP) is 3.29. The number of nitrogens with zero attached hydrogens (tertiary/aromatic N) is 4. The number of nitriles is 1. The van der Waals surface area contributed by atoms with E-state index in [4.69, 9.17) is 26.3 Å². The van der Waals surface area contributed by atoms with E-state index < -0.39 is 5.54 Å². The van der Waals surface area contributed by atoms with Gasteiger partial charge < -0.3 is 9.73 Å². The first kappa shape index (κ1) is 19.9. The van der Waals surface area contributed by atoms with Crippen molar-refractivity contribution in [1.82, 2.24) is 15.5 Å². The molecule has 1 fully saturated rings. The number of aromatic nitrogens is 2. The fraction of sp³-hybridized carbons (Fsp3) is 0.450. The molecule has 1 amide bonds. The van der Waals surface area contributed by atoms with E-state index in [0.717, 1.165) is 15.8 Å². The number of carbonyl (C=O) groups excluding carboxylic acids is 1. The number of allylic oxidation sites excluding steroid dienone is 2. The fourth-order valence-corrected chi connectivity index (χ4v) is 6.16. The zero-order valence-corrected chi connectivity index (χ0v) is 18.3. The highest BCUT2D eigenvalue weighted by Gasteiger charge is 2.44. The lowest BCUT2D eigenvalue weighted by Gasteiger charge is -2.20. The molecule has 1 saturated carbocycles. The lowest BCUT2D eigenvalue weighted by molar-refractivity contribution is -0.121. The quantitative estimate of drug-likeness (QED) is 0.695. The summed E-state index contributed by atoms with van der Waals surface area (Å²) in [6.07, 6.45) is 11.4. The first-order valence-electron chi connectivity index (χ1n) is 9.71. The van der Waals surface area contributed by atoms with Crippen LogP contribution in [0.5, 0.6) is 0 Å². The van der Waals surface area contributed by atoms with Crippen molar-refractivity contribution in [3.05, 3.63) is 46.0 Å². The van der Waals surface area contributed by atoms with Gasteiger partial charge in [0.2, 0.25) is 17.7 Å². The molecule has 154 valence electrons. The molecule has 4 aliphatic rings. The van der Waals surface area contributed by atoms with Gasteiger partial charge in [-0.15, -0.1) is 33.7 Å². The molecule has 7 nitrogen and oxygen atoms in total. The summed E-state index contributed by atoms with van der Waals surface area (Å²) in [6.45, 7) is 0. The number of carbonyl (C=O) groups is 1. The number of hydrogen-bond donors (Lipinski definition) is 1. The summed E-state index contributed by atoms with van der Waals surface area (Å²) in [5.74, 6) is 0.423. The Labute approximate surface area is 187 Å². The summed E-state index contributed by atoms with van der Waals surface area (Å²) >= 11 is 9.53. The van der Waals surface area contributed by atoms with Crippen molar-refractivity contribution in [2.45, 2.75) is 54.2 Å². The molecule has 2 aliphatic heterocycles. The van der Waals surface area contributed by atoms with E-state index in [0.29, 0.717) is 30.4 Å². The number of aliphatic imine (C=N–C) groups is 1. The van der Waals surface area contributed by atoms with Crippen LogP contribution in [-0.2, 0) is 17.6 Å². The number of amides is 1. The van der Waals surface area contributed by atoms with Crippen LogP contribution in [0.1, 0.15) is 31.0 Å². The Hall–Kier alpha value is -2.02. The van der Waals surface area contributed by atoms with E-state index in [9.17, 15) is 4.79 Å². The average molecular weight is 460 g/mol. The van der Waals surface area contributed by atoms with Gasteiger partial charge in [0.05, 0.1) is 33.2 Å². The first-order chi connectivity index (χ1) is 14.5. The summed E-state index contributed by atoms with van der Waals surface area (Å²) in [4.78, 5) is 16.8. The van der Waals surface area contributed by atoms with Crippen molar-refractivity contribution in [2.75, 3.05) is 0 Å². The SMILES string of the molecule is N#CC1(NC(=O)Cc2nnc(CC3=NC4C=CC(C5CC=C(Cl)S5)=CC4S3)o2)CC1. The van der Waals surface area contributed by atoms with Crippen molar-refractivity contribution in [1.29, 1.82) is 5.26 Å². The molecule has 3 heterocycles. The molecule has 1 N–H and O–H groups in total. The molecule has 0 radical (unpaired) electrons. The number of rotatable bonds is 6. The van der Waals surface area contributed by atoms with Crippen molar-refractivity contribution in [2.24, 2.45) is 4.99 Å². The van der Waals surface area contributed by atoms with Gasteiger partial charge in [0.1, 0.15) is 12.0 Å². The molecule has 5 rings (SSSR count). The second-order valence-corrected chi connectivity index (χ2v) is 10.8. The fourth-order valence-electron chi connectivity index (χ4n) is 3.57. The van der Waals surface area contributed by atoms with E-state index in [1.54, 1.807) is 23.5 Å². The van der Waals surface area contributed by atoms with Gasteiger partial charge in [-0.1, -0.05) is 35.9 Å². The minimum absolute atomic E-state index is 0.0220. The molecule has 2 aliphatic carbocycles. The van der Waals surface area contributed by atoms with Gasteiger partial charge in [0, 0.05) is 5.25 Å². The highest BCUT2D eigenvalue weighted by molar-refractivity contribution is 8.15. The standard InChI is InChI=1S/C20H18ClN5O2S2/c21-15-4-3-13(29-15)11-1-2-12-14(7-11)30-19(23-12)9-18-26-25-17(28-18)8-16(27)24-20(10-22)5-6-20/h1-2,4,7,12-14H,3,5-6,8-9H2,(H,24,27). The second-order valence-electron chi connectivity index (χ2n) is 7.66. The van der Waals surface area contributed by atoms with Crippen LogP contribution in [-0.4, -0.2) is 43.2 Å². The Kier molecular flexibility index (Phi) is 5.25. The largest absolute Gasteiger partial charge is 0.424 e. The lowest BCUT2D eigenvalue weighted by Crippen LogP contribution is -2.36. The Morgan fingerprint density at radius 2 is 2.20 bits per heavy atom. The van der Waals surface area contributed by atoms with Gasteiger partial charge in [0.25, 0.3) is 0 Å². The van der Waals surface area contributed by atoms with Crippen LogP contribution in [0.25, 0.3) is 0 Å². The predicted molar refractivity (Wildman–Crippen MR) is 117 cm³/mol. The van der Waals surface area contributed by atoms with E-state index >= 15 is 0 Å². The maximum Gasteiger partial charge on any atom is 0.230 e. The highest BCUT2D eigenvalue weighted by atomic mass is 35.5. The molecule has 3 atom stereocenters. The number of fused-ring (bicyclic) bond motifs is 1. The molecule has 0 saturated heterocycles. The molecule has 30 heavy (non-hydrogen) atoms. The summed E-state index contributed by atoms with van der Waals surface area (Å²) in [6, 6.07) is 2.25. The molecule has 0 bridgehead atoms. The van der Waals surface area contributed by atoms with E-state index in [1.807, 2.05) is 0 Å². The molecule has 1 aromatic heterocycles. The van der Waals surface area contributed by atoms with Gasteiger partial charge in [-0.3, -0.25) is 9.79 Å². The molecule has 3 unspecified atom stereocenters. The third-order valence-corrected chi connectivity index (χ3v) is 8.10. The lowest BCUT2D eigenvalue weighted by atomic mass is 9.99. The van der Waals surface area contributed by atoms with Gasteiger partial charge in [-0.2, -0.15) is 5.26 Å². The summed E-state index contributed by atoms with van der Waals surface area (Å²) in [5, 5.41) is 21.4. The third-order valence-electron chi connectivity index (χ3n) is 5.33. The molecular weight excluding hydrogens is 442 g/mol. The van der Waals surface area contributed by atoms with Crippen LogP contribution in [0.2, 0.25) is 0 Å². The average Bonchev–Trinajstić information content (AvgIpc) is 3.05. The molecule has 1 aromatic rings. The molecule has 10 heteroatoms. The second kappa shape index (κ2) is 7.91. The highest BCUT2D eigenvalue weighted by Crippen LogP contribution is 2.42. The molecule has 0 spiro atoms. The minimum Gasteiger partial charge on any atom is -0.424 e. The zero-order chi connectivity index (χ0) is 20.7. The van der Waals surface area contributed by atoms with Crippen LogP contribution in [0.3, 0.4) is 0 Å². The van der Waals surface area contributed by atoms with Crippen LogP contribution >= 0.6 is 35.1 Å². The number of nitrogens with one attached hydrogen (secondary N) is 1. The van der Waals surface area contributed by atoms with Crippen LogP contribution in [0, 0.1) is 11.3 Å². The van der Waals surface area contributed by atoms with Crippen molar-refractivity contribution in [3.8, 4) is 6.07 Å². The Morgan fingerprint density at radius 3 is 2.93 bits per heavy atom. The zero-order valence-electron chi connectivity index (χ0n) is 15.9. The first-order valence-corrected chi connectivity index (χ1v) is 11.8. The third kappa shape index (κ3) is 4.22. The van der Waals surface area contributed by atoms with E-state index in [2.05, 4.69) is 45.9 Å². The van der Waals surface area contributed by atoms with Gasteiger partial charge >= 0.3 is 0 Å². The van der Waals surface area contributed by atoms with Crippen LogP contribution < -0.4 is 5.32 Å². The van der Waals surface area contributed by atoms with Gasteiger partial charge in [-0.25, -0.2) is 0 Å².